The predicted octanol–water partition coefficient (Wildman–Crippen LogP) is 7.48. The van der Waals surface area contributed by atoms with Gasteiger partial charge in [0.25, 0.3) is 0 Å². The molecule has 4 nitrogen and oxygen atoms in total. The predicted molar refractivity (Wildman–Crippen MR) is 142 cm³/mol. The monoisotopic (exact) mass is 478 g/mol. The molecule has 0 aliphatic carbocycles. The Kier molecular flexibility index (Phi) is 7.02. The largest absolute Gasteiger partial charge is 0.489 e. The van der Waals surface area contributed by atoms with Crippen molar-refractivity contribution >= 4 is 34.2 Å². The Labute approximate surface area is 209 Å². The molecule has 0 saturated heterocycles. The lowest BCUT2D eigenvalue weighted by Gasteiger charge is -2.12. The van der Waals surface area contributed by atoms with Crippen molar-refractivity contribution in [2.75, 3.05) is 6.61 Å². The zero-order valence-electron chi connectivity index (χ0n) is 19.0. The number of nitrogens with zero attached hydrogens (tertiary/aromatic N) is 2. The van der Waals surface area contributed by atoms with E-state index in [1.165, 1.54) is 0 Å². The SMILES string of the molecule is Clc1ccc(/C=C(/COc2ccncc2)c2ccc(OCc3ccc4ccccc4n3)cc2)cc1. The second-order valence-corrected chi connectivity index (χ2v) is 8.44. The van der Waals surface area contributed by atoms with E-state index < -0.39 is 0 Å². The second-order valence-electron chi connectivity index (χ2n) is 8.00. The van der Waals surface area contributed by atoms with Crippen molar-refractivity contribution in [2.45, 2.75) is 6.61 Å². The van der Waals surface area contributed by atoms with E-state index in [2.05, 4.69) is 28.2 Å². The lowest BCUT2D eigenvalue weighted by Crippen LogP contribution is -2.02. The third kappa shape index (κ3) is 6.05. The van der Waals surface area contributed by atoms with Gasteiger partial charge in [-0.3, -0.25) is 4.98 Å². The third-order valence-corrected chi connectivity index (χ3v) is 5.77. The summed E-state index contributed by atoms with van der Waals surface area (Å²) in [6.07, 6.45) is 5.54. The molecule has 0 unspecified atom stereocenters. The molecule has 172 valence electrons. The maximum Gasteiger partial charge on any atom is 0.130 e. The number of rotatable bonds is 8. The minimum Gasteiger partial charge on any atom is -0.489 e. The van der Waals surface area contributed by atoms with Gasteiger partial charge < -0.3 is 9.47 Å². The number of fused-ring (bicyclic) bond motifs is 1. The van der Waals surface area contributed by atoms with Crippen molar-refractivity contribution in [3.05, 3.63) is 131 Å². The maximum atomic E-state index is 6.06. The van der Waals surface area contributed by atoms with Crippen LogP contribution in [0.3, 0.4) is 0 Å². The highest BCUT2D eigenvalue weighted by atomic mass is 35.5. The Hall–Kier alpha value is -4.15. The molecular formula is C30H23ClN2O2. The highest BCUT2D eigenvalue weighted by Gasteiger charge is 2.06. The zero-order valence-corrected chi connectivity index (χ0v) is 19.7. The van der Waals surface area contributed by atoms with Gasteiger partial charge in [-0.2, -0.15) is 0 Å². The average molecular weight is 479 g/mol. The highest BCUT2D eigenvalue weighted by molar-refractivity contribution is 6.30. The summed E-state index contributed by atoms with van der Waals surface area (Å²) >= 11 is 6.06. The molecule has 0 radical (unpaired) electrons. The molecule has 0 spiro atoms. The van der Waals surface area contributed by atoms with E-state index >= 15 is 0 Å². The number of para-hydroxylation sites is 1. The van der Waals surface area contributed by atoms with Crippen LogP contribution in [0.4, 0.5) is 0 Å². The Bertz CT molecular complexity index is 1430. The molecule has 0 aliphatic heterocycles. The second kappa shape index (κ2) is 10.9. The van der Waals surface area contributed by atoms with Gasteiger partial charge in [0.05, 0.1) is 11.2 Å². The van der Waals surface area contributed by atoms with Crippen LogP contribution < -0.4 is 9.47 Å². The molecule has 0 N–H and O–H groups in total. The fraction of sp³-hybridized carbons (Fsp3) is 0.0667. The highest BCUT2D eigenvalue weighted by Crippen LogP contribution is 2.24. The van der Waals surface area contributed by atoms with Crippen LogP contribution in [-0.4, -0.2) is 16.6 Å². The zero-order chi connectivity index (χ0) is 23.9. The fourth-order valence-corrected chi connectivity index (χ4v) is 3.80. The average Bonchev–Trinajstić information content (AvgIpc) is 2.92. The van der Waals surface area contributed by atoms with E-state index in [4.69, 9.17) is 21.1 Å². The molecule has 2 heterocycles. The minimum absolute atomic E-state index is 0.406. The van der Waals surface area contributed by atoms with Crippen LogP contribution >= 0.6 is 11.6 Å². The van der Waals surface area contributed by atoms with E-state index in [-0.39, 0.29) is 0 Å². The molecule has 3 aromatic carbocycles. The molecule has 35 heavy (non-hydrogen) atoms. The number of hydrogen-bond donors (Lipinski definition) is 0. The summed E-state index contributed by atoms with van der Waals surface area (Å²) in [6, 6.07) is 31.6. The van der Waals surface area contributed by atoms with Crippen molar-refractivity contribution in [1.29, 1.82) is 0 Å². The van der Waals surface area contributed by atoms with E-state index in [0.29, 0.717) is 18.2 Å². The van der Waals surface area contributed by atoms with Gasteiger partial charge in [-0.1, -0.05) is 60.1 Å². The van der Waals surface area contributed by atoms with E-state index in [1.807, 2.05) is 84.9 Å². The van der Waals surface area contributed by atoms with Gasteiger partial charge in [-0.25, -0.2) is 4.98 Å². The minimum atomic E-state index is 0.406. The van der Waals surface area contributed by atoms with Gasteiger partial charge in [-0.05, 0) is 71.3 Å². The Morgan fingerprint density at radius 3 is 2.29 bits per heavy atom. The first-order valence-electron chi connectivity index (χ1n) is 11.3. The van der Waals surface area contributed by atoms with Crippen LogP contribution in [0.15, 0.2) is 109 Å². The number of pyridine rings is 2. The van der Waals surface area contributed by atoms with Gasteiger partial charge in [0.1, 0.15) is 24.7 Å². The van der Waals surface area contributed by atoms with Crippen LogP contribution in [0.5, 0.6) is 11.5 Å². The smallest absolute Gasteiger partial charge is 0.130 e. The Morgan fingerprint density at radius 1 is 0.743 bits per heavy atom. The van der Waals surface area contributed by atoms with Crippen molar-refractivity contribution in [1.82, 2.24) is 9.97 Å². The van der Waals surface area contributed by atoms with Crippen LogP contribution in [0.2, 0.25) is 5.02 Å². The molecule has 0 atom stereocenters. The van der Waals surface area contributed by atoms with Gasteiger partial charge >= 0.3 is 0 Å². The van der Waals surface area contributed by atoms with E-state index in [0.717, 1.165) is 44.8 Å². The van der Waals surface area contributed by atoms with Crippen molar-refractivity contribution < 1.29 is 9.47 Å². The summed E-state index contributed by atoms with van der Waals surface area (Å²) in [5, 5.41) is 1.83. The number of aromatic nitrogens is 2. The van der Waals surface area contributed by atoms with Crippen molar-refractivity contribution in [3.8, 4) is 11.5 Å². The summed E-state index contributed by atoms with van der Waals surface area (Å²) in [4.78, 5) is 8.72. The van der Waals surface area contributed by atoms with Crippen LogP contribution in [0.1, 0.15) is 16.8 Å². The standard InChI is InChI=1S/C30H23ClN2O2/c31-26-10-5-22(6-11-26)19-25(20-34-29-15-17-32-18-16-29)23-8-13-28(14-9-23)35-21-27-12-7-24-3-1-2-4-30(24)33-27/h1-19H,20-21H2/b25-19-. The van der Waals surface area contributed by atoms with Gasteiger partial charge in [0.2, 0.25) is 0 Å². The van der Waals surface area contributed by atoms with Gasteiger partial charge in [0.15, 0.2) is 0 Å². The number of ether oxygens (including phenoxy) is 2. The molecule has 5 heteroatoms. The number of benzene rings is 3. The van der Waals surface area contributed by atoms with E-state index in [9.17, 15) is 0 Å². The summed E-state index contributed by atoms with van der Waals surface area (Å²) in [5.41, 5.74) is 4.99. The molecule has 5 rings (SSSR count). The summed E-state index contributed by atoms with van der Waals surface area (Å²) in [5.74, 6) is 1.55. The van der Waals surface area contributed by atoms with Crippen LogP contribution in [0.25, 0.3) is 22.6 Å². The quantitative estimate of drug-likeness (QED) is 0.217. The molecule has 0 bridgehead atoms. The van der Waals surface area contributed by atoms with Crippen molar-refractivity contribution in [2.24, 2.45) is 0 Å². The first-order valence-corrected chi connectivity index (χ1v) is 11.7. The number of hydrogen-bond acceptors (Lipinski definition) is 4. The van der Waals surface area contributed by atoms with E-state index in [1.54, 1.807) is 12.4 Å². The lowest BCUT2D eigenvalue weighted by molar-refractivity contribution is 0.302. The molecule has 0 fully saturated rings. The third-order valence-electron chi connectivity index (χ3n) is 5.52. The summed E-state index contributed by atoms with van der Waals surface area (Å²) < 4.78 is 12.0. The molecule has 0 amide bonds. The maximum absolute atomic E-state index is 6.06. The van der Waals surface area contributed by atoms with Gasteiger partial charge in [0, 0.05) is 22.8 Å². The molecule has 0 saturated carbocycles. The summed E-state index contributed by atoms with van der Waals surface area (Å²) in [7, 11) is 0. The van der Waals surface area contributed by atoms with Crippen LogP contribution in [0, 0.1) is 0 Å². The Balaban J connectivity index is 1.32. The fourth-order valence-electron chi connectivity index (χ4n) is 3.68. The first kappa shape index (κ1) is 22.6. The topological polar surface area (TPSA) is 44.2 Å². The van der Waals surface area contributed by atoms with Gasteiger partial charge in [-0.15, -0.1) is 0 Å². The molecular weight excluding hydrogens is 456 g/mol. The molecule has 2 aromatic heterocycles. The lowest BCUT2D eigenvalue weighted by atomic mass is 10.0. The first-order chi connectivity index (χ1) is 17.2. The van der Waals surface area contributed by atoms with Crippen molar-refractivity contribution in [3.63, 3.8) is 0 Å². The normalized spacial score (nSPS) is 11.4. The number of halogens is 1. The Morgan fingerprint density at radius 2 is 1.49 bits per heavy atom. The van der Waals surface area contributed by atoms with Crippen LogP contribution in [-0.2, 0) is 6.61 Å². The summed E-state index contributed by atoms with van der Waals surface area (Å²) in [6.45, 7) is 0.816. The molecule has 0 aliphatic rings. The molecule has 5 aromatic rings.